The Balaban J connectivity index is 1.49. The number of benzene rings is 1. The van der Waals surface area contributed by atoms with Crippen molar-refractivity contribution in [1.82, 2.24) is 9.97 Å². The number of H-pyrrole nitrogens is 1. The van der Waals surface area contributed by atoms with Gasteiger partial charge >= 0.3 is 0 Å². The molecule has 7 heteroatoms. The molecule has 0 amide bonds. The molecule has 2 aromatic rings. The van der Waals surface area contributed by atoms with Gasteiger partial charge in [0.05, 0.1) is 21.3 Å². The van der Waals surface area contributed by atoms with Crippen LogP contribution in [0.1, 0.15) is 26.2 Å². The first-order chi connectivity index (χ1) is 12.0. The maximum absolute atomic E-state index is 12.5. The molecule has 1 saturated carbocycles. The van der Waals surface area contributed by atoms with E-state index in [1.165, 1.54) is 31.0 Å². The van der Waals surface area contributed by atoms with E-state index in [4.69, 9.17) is 23.2 Å². The summed E-state index contributed by atoms with van der Waals surface area (Å²) in [6, 6.07) is 5.44. The van der Waals surface area contributed by atoms with Gasteiger partial charge in [-0.3, -0.25) is 4.79 Å². The Hall–Kier alpha value is -1.17. The minimum atomic E-state index is -0.149. The molecular weight excluding hydrogens is 377 g/mol. The molecule has 1 aromatic heterocycles. The Morgan fingerprint density at radius 1 is 1.36 bits per heavy atom. The van der Waals surface area contributed by atoms with Gasteiger partial charge in [-0.05, 0) is 30.9 Å². The minimum Gasteiger partial charge on any atom is -0.351 e. The molecule has 2 heterocycles. The fourth-order valence-corrected chi connectivity index (χ4v) is 5.34. The number of nitrogens with one attached hydrogen (secondary N) is 1. The average Bonchev–Trinajstić information content (AvgIpc) is 2.93. The van der Waals surface area contributed by atoms with Crippen LogP contribution in [0, 0.1) is 11.3 Å². The van der Waals surface area contributed by atoms with Gasteiger partial charge in [0.1, 0.15) is 0 Å². The monoisotopic (exact) mass is 395 g/mol. The van der Waals surface area contributed by atoms with Crippen molar-refractivity contribution in [2.24, 2.45) is 11.3 Å². The Labute approximate surface area is 160 Å². The lowest BCUT2D eigenvalue weighted by Crippen LogP contribution is -2.57. The molecular formula is C18H19Cl2N3OS. The van der Waals surface area contributed by atoms with Gasteiger partial charge in [0.2, 0.25) is 0 Å². The van der Waals surface area contributed by atoms with E-state index in [1.807, 2.05) is 12.1 Å². The molecule has 1 aromatic carbocycles. The second kappa shape index (κ2) is 6.53. The molecule has 1 spiro atoms. The molecule has 25 heavy (non-hydrogen) atoms. The number of anilines is 1. The van der Waals surface area contributed by atoms with Crippen molar-refractivity contribution in [2.45, 2.75) is 36.1 Å². The van der Waals surface area contributed by atoms with E-state index in [0.29, 0.717) is 26.3 Å². The predicted octanol–water partition coefficient (Wildman–Crippen LogP) is 4.85. The number of aromatic nitrogens is 2. The van der Waals surface area contributed by atoms with Crippen LogP contribution >= 0.6 is 35.0 Å². The Morgan fingerprint density at radius 2 is 2.16 bits per heavy atom. The third-order valence-corrected chi connectivity index (χ3v) is 7.10. The van der Waals surface area contributed by atoms with E-state index in [2.05, 4.69) is 21.8 Å². The first kappa shape index (κ1) is 17.3. The highest BCUT2D eigenvalue weighted by atomic mass is 35.5. The predicted molar refractivity (Wildman–Crippen MR) is 103 cm³/mol. The fraction of sp³-hybridized carbons (Fsp3) is 0.444. The van der Waals surface area contributed by atoms with Crippen LogP contribution in [-0.4, -0.2) is 23.1 Å². The molecule has 0 radical (unpaired) electrons. The Kier molecular flexibility index (Phi) is 4.50. The molecule has 1 N–H and O–H groups in total. The van der Waals surface area contributed by atoms with Crippen molar-refractivity contribution < 1.29 is 0 Å². The minimum absolute atomic E-state index is 0.149. The normalized spacial score (nSPS) is 21.6. The van der Waals surface area contributed by atoms with Crippen LogP contribution in [0.25, 0.3) is 0 Å². The summed E-state index contributed by atoms with van der Waals surface area (Å²) in [5, 5.41) is 1.64. The fourth-order valence-electron chi connectivity index (χ4n) is 4.03. The number of hydrogen-bond donors (Lipinski definition) is 1. The molecule has 132 valence electrons. The highest BCUT2D eigenvalue weighted by molar-refractivity contribution is 7.99. The van der Waals surface area contributed by atoms with Gasteiger partial charge in [-0.2, -0.15) is 0 Å². The lowest BCUT2D eigenvalue weighted by atomic mass is 9.77. The number of hydrogen-bond acceptors (Lipinski definition) is 4. The molecule has 2 aliphatic rings. The third-order valence-electron chi connectivity index (χ3n) is 5.18. The van der Waals surface area contributed by atoms with E-state index in [1.54, 1.807) is 12.3 Å². The van der Waals surface area contributed by atoms with Crippen LogP contribution in [-0.2, 0) is 0 Å². The SMILES string of the molecule is C[C@H]1CCC2(C1)CN(c1ncc(Sc3cccc(Cl)c3Cl)[nH]c1=O)C2. The van der Waals surface area contributed by atoms with Gasteiger partial charge in [0.25, 0.3) is 5.56 Å². The molecule has 2 fully saturated rings. The standard InChI is InChI=1S/C18H19Cl2N3OS/c1-11-5-6-18(7-11)9-23(10-18)16-17(24)22-14(8-21-16)25-13-4-2-3-12(19)15(13)20/h2-4,8,11H,5-7,9-10H2,1H3,(H,22,24)/t11-/m0/s1. The summed E-state index contributed by atoms with van der Waals surface area (Å²) in [6.07, 6.45) is 5.53. The summed E-state index contributed by atoms with van der Waals surface area (Å²) < 4.78 is 0. The van der Waals surface area contributed by atoms with Gasteiger partial charge in [-0.15, -0.1) is 0 Å². The largest absolute Gasteiger partial charge is 0.351 e. The molecule has 1 aliphatic carbocycles. The third kappa shape index (κ3) is 3.29. The zero-order valence-electron chi connectivity index (χ0n) is 13.9. The summed E-state index contributed by atoms with van der Waals surface area (Å²) in [5.41, 5.74) is 0.263. The summed E-state index contributed by atoms with van der Waals surface area (Å²) in [6.45, 7) is 4.20. The van der Waals surface area contributed by atoms with Crippen molar-refractivity contribution in [3.05, 3.63) is 44.8 Å². The van der Waals surface area contributed by atoms with Crippen LogP contribution < -0.4 is 10.5 Å². The second-order valence-corrected chi connectivity index (χ2v) is 9.13. The summed E-state index contributed by atoms with van der Waals surface area (Å²) in [4.78, 5) is 22.7. The zero-order valence-corrected chi connectivity index (χ0v) is 16.2. The summed E-state index contributed by atoms with van der Waals surface area (Å²) >= 11 is 13.6. The van der Waals surface area contributed by atoms with Gasteiger partial charge in [0.15, 0.2) is 5.82 Å². The molecule has 1 atom stereocenters. The first-order valence-corrected chi connectivity index (χ1v) is 9.99. The van der Waals surface area contributed by atoms with Gasteiger partial charge in [-0.1, -0.05) is 54.4 Å². The highest BCUT2D eigenvalue weighted by Crippen LogP contribution is 2.48. The number of aromatic amines is 1. The number of rotatable bonds is 3. The Bertz CT molecular complexity index is 864. The van der Waals surface area contributed by atoms with Gasteiger partial charge in [-0.25, -0.2) is 4.98 Å². The topological polar surface area (TPSA) is 49.0 Å². The van der Waals surface area contributed by atoms with E-state index in [-0.39, 0.29) is 5.56 Å². The average molecular weight is 396 g/mol. The van der Waals surface area contributed by atoms with Crippen LogP contribution in [0.3, 0.4) is 0 Å². The van der Waals surface area contributed by atoms with Crippen LogP contribution in [0.2, 0.25) is 10.0 Å². The van der Waals surface area contributed by atoms with Crippen molar-refractivity contribution in [1.29, 1.82) is 0 Å². The zero-order chi connectivity index (χ0) is 17.6. The van der Waals surface area contributed by atoms with Crippen molar-refractivity contribution in [2.75, 3.05) is 18.0 Å². The summed E-state index contributed by atoms with van der Waals surface area (Å²) in [5.74, 6) is 1.32. The van der Waals surface area contributed by atoms with E-state index < -0.39 is 0 Å². The summed E-state index contributed by atoms with van der Waals surface area (Å²) in [7, 11) is 0. The van der Waals surface area contributed by atoms with Gasteiger partial charge in [0, 0.05) is 23.4 Å². The van der Waals surface area contributed by atoms with Crippen LogP contribution in [0.5, 0.6) is 0 Å². The Morgan fingerprint density at radius 3 is 2.84 bits per heavy atom. The first-order valence-electron chi connectivity index (χ1n) is 8.42. The van der Waals surface area contributed by atoms with Gasteiger partial charge < -0.3 is 9.88 Å². The van der Waals surface area contributed by atoms with E-state index in [9.17, 15) is 4.79 Å². The molecule has 0 bridgehead atoms. The van der Waals surface area contributed by atoms with Crippen molar-refractivity contribution in [3.8, 4) is 0 Å². The smallest absolute Gasteiger partial charge is 0.291 e. The maximum Gasteiger partial charge on any atom is 0.291 e. The lowest BCUT2D eigenvalue weighted by molar-refractivity contribution is 0.212. The van der Waals surface area contributed by atoms with Crippen molar-refractivity contribution in [3.63, 3.8) is 0 Å². The number of halogens is 2. The molecule has 0 unspecified atom stereocenters. The van der Waals surface area contributed by atoms with Crippen LogP contribution in [0.4, 0.5) is 5.82 Å². The number of nitrogens with zero attached hydrogens (tertiary/aromatic N) is 2. The molecule has 4 nitrogen and oxygen atoms in total. The van der Waals surface area contributed by atoms with E-state index in [0.717, 1.165) is 23.9 Å². The molecule has 1 aliphatic heterocycles. The quantitative estimate of drug-likeness (QED) is 0.806. The molecule has 4 rings (SSSR count). The van der Waals surface area contributed by atoms with Crippen LogP contribution in [0.15, 0.2) is 39.1 Å². The highest BCUT2D eigenvalue weighted by Gasteiger charge is 2.47. The van der Waals surface area contributed by atoms with Crippen molar-refractivity contribution >= 4 is 40.8 Å². The molecule has 1 saturated heterocycles. The lowest BCUT2D eigenvalue weighted by Gasteiger charge is -2.48. The maximum atomic E-state index is 12.5. The van der Waals surface area contributed by atoms with E-state index >= 15 is 0 Å². The second-order valence-electron chi connectivity index (χ2n) is 7.26.